The summed E-state index contributed by atoms with van der Waals surface area (Å²) in [6.07, 6.45) is 1.22. The van der Waals surface area contributed by atoms with E-state index in [1.165, 1.54) is 38.7 Å². The van der Waals surface area contributed by atoms with Gasteiger partial charge >= 0.3 is 5.97 Å². The summed E-state index contributed by atoms with van der Waals surface area (Å²) < 4.78 is 28.2. The summed E-state index contributed by atoms with van der Waals surface area (Å²) in [6.45, 7) is 1.86. The summed E-state index contributed by atoms with van der Waals surface area (Å²) in [6, 6.07) is 15.1. The highest BCUT2D eigenvalue weighted by Crippen LogP contribution is 2.33. The maximum atomic E-state index is 12.9. The number of hydrogen-bond acceptors (Lipinski definition) is 7. The molecule has 0 bridgehead atoms. The van der Waals surface area contributed by atoms with Crippen molar-refractivity contribution in [3.63, 3.8) is 0 Å². The molecule has 0 unspecified atom stereocenters. The number of esters is 1. The molecular weight excluding hydrogens is 492 g/mol. The Morgan fingerprint density at radius 1 is 0.909 bits per heavy atom. The molecule has 168 valence electrons. The molecular formula is C25H19BrO7. The molecule has 0 radical (unpaired) electrons. The summed E-state index contributed by atoms with van der Waals surface area (Å²) in [5, 5.41) is 0.282. The highest BCUT2D eigenvalue weighted by molar-refractivity contribution is 9.10. The van der Waals surface area contributed by atoms with E-state index in [9.17, 15) is 9.59 Å². The lowest BCUT2D eigenvalue weighted by Crippen LogP contribution is -2.12. The zero-order valence-corrected chi connectivity index (χ0v) is 19.6. The highest BCUT2D eigenvalue weighted by Gasteiger charge is 2.22. The number of hydrogen-bond donors (Lipinski definition) is 0. The number of methoxy groups -OCH3 is 2. The number of carbonyl (C=O) groups excluding carboxylic acids is 1. The SMILES string of the molecule is COc1cc(C)cc(OC)c1C(=O)Oc1ccc2c(=O)c(Oc3ccccc3Br)coc2c1. The fourth-order valence-corrected chi connectivity index (χ4v) is 3.64. The molecule has 33 heavy (non-hydrogen) atoms. The van der Waals surface area contributed by atoms with Crippen LogP contribution in [0.3, 0.4) is 0 Å². The fraction of sp³-hybridized carbons (Fsp3) is 0.120. The van der Waals surface area contributed by atoms with Crippen LogP contribution in [-0.4, -0.2) is 20.2 Å². The molecule has 0 amide bonds. The second kappa shape index (κ2) is 9.38. The van der Waals surface area contributed by atoms with Gasteiger partial charge in [0.1, 0.15) is 40.4 Å². The zero-order chi connectivity index (χ0) is 23.5. The van der Waals surface area contributed by atoms with Crippen molar-refractivity contribution >= 4 is 32.9 Å². The van der Waals surface area contributed by atoms with E-state index in [-0.39, 0.29) is 33.5 Å². The third kappa shape index (κ3) is 4.56. The van der Waals surface area contributed by atoms with E-state index in [1.807, 2.05) is 13.0 Å². The Morgan fingerprint density at radius 3 is 2.27 bits per heavy atom. The van der Waals surface area contributed by atoms with Crippen LogP contribution in [0.15, 0.2) is 74.5 Å². The van der Waals surface area contributed by atoms with Crippen LogP contribution in [0.2, 0.25) is 0 Å². The van der Waals surface area contributed by atoms with Crippen molar-refractivity contribution in [2.24, 2.45) is 0 Å². The Balaban J connectivity index is 1.64. The molecule has 0 spiro atoms. The summed E-state index contributed by atoms with van der Waals surface area (Å²) in [5.74, 6) is 0.708. The Hall–Kier alpha value is -3.78. The first-order valence-electron chi connectivity index (χ1n) is 9.84. The van der Waals surface area contributed by atoms with E-state index in [2.05, 4.69) is 15.9 Å². The van der Waals surface area contributed by atoms with Gasteiger partial charge in [0.25, 0.3) is 0 Å². The first-order valence-corrected chi connectivity index (χ1v) is 10.6. The van der Waals surface area contributed by atoms with Crippen LogP contribution in [0.1, 0.15) is 15.9 Å². The number of para-hydroxylation sites is 1. The minimum atomic E-state index is -0.667. The number of halogens is 1. The average Bonchev–Trinajstić information content (AvgIpc) is 2.81. The number of aryl methyl sites for hydroxylation is 1. The molecule has 7 nitrogen and oxygen atoms in total. The third-order valence-corrected chi connectivity index (χ3v) is 5.49. The largest absolute Gasteiger partial charge is 0.496 e. The lowest BCUT2D eigenvalue weighted by atomic mass is 10.1. The van der Waals surface area contributed by atoms with Crippen molar-refractivity contribution in [1.29, 1.82) is 0 Å². The minimum absolute atomic E-state index is 0.0354. The van der Waals surface area contributed by atoms with Crippen molar-refractivity contribution < 1.29 is 28.2 Å². The normalized spacial score (nSPS) is 10.7. The molecule has 0 fully saturated rings. The zero-order valence-electron chi connectivity index (χ0n) is 18.0. The summed E-state index contributed by atoms with van der Waals surface area (Å²) in [5.41, 5.74) is 0.914. The highest BCUT2D eigenvalue weighted by atomic mass is 79.9. The van der Waals surface area contributed by atoms with Gasteiger partial charge in [0.05, 0.1) is 24.1 Å². The lowest BCUT2D eigenvalue weighted by molar-refractivity contribution is 0.0727. The van der Waals surface area contributed by atoms with Gasteiger partial charge in [0.2, 0.25) is 11.2 Å². The molecule has 4 aromatic rings. The second-order valence-electron chi connectivity index (χ2n) is 7.05. The van der Waals surface area contributed by atoms with E-state index < -0.39 is 5.97 Å². The maximum absolute atomic E-state index is 12.9. The van der Waals surface area contributed by atoms with Gasteiger partial charge in [-0.3, -0.25) is 4.79 Å². The first-order chi connectivity index (χ1) is 15.9. The molecule has 0 aliphatic rings. The monoisotopic (exact) mass is 510 g/mol. The van der Waals surface area contributed by atoms with Gasteiger partial charge < -0.3 is 23.4 Å². The van der Waals surface area contributed by atoms with Gasteiger partial charge in [-0.2, -0.15) is 0 Å². The number of carbonyl (C=O) groups is 1. The smallest absolute Gasteiger partial charge is 0.351 e. The Bertz CT molecular complexity index is 1380. The first kappa shape index (κ1) is 22.4. The molecule has 0 aliphatic heterocycles. The van der Waals surface area contributed by atoms with Crippen LogP contribution in [0, 0.1) is 6.92 Å². The number of rotatable bonds is 6. The van der Waals surface area contributed by atoms with E-state index >= 15 is 0 Å². The van der Waals surface area contributed by atoms with Crippen LogP contribution in [-0.2, 0) is 0 Å². The Labute approximate surface area is 197 Å². The van der Waals surface area contributed by atoms with Gasteiger partial charge in [0, 0.05) is 6.07 Å². The molecule has 0 saturated heterocycles. The molecule has 3 aromatic carbocycles. The average molecular weight is 511 g/mol. The van der Waals surface area contributed by atoms with E-state index in [4.69, 9.17) is 23.4 Å². The van der Waals surface area contributed by atoms with Crippen LogP contribution in [0.25, 0.3) is 11.0 Å². The molecule has 1 aromatic heterocycles. The third-order valence-electron chi connectivity index (χ3n) is 4.84. The van der Waals surface area contributed by atoms with Gasteiger partial charge in [-0.15, -0.1) is 0 Å². The molecule has 8 heteroatoms. The van der Waals surface area contributed by atoms with E-state index in [1.54, 1.807) is 30.3 Å². The van der Waals surface area contributed by atoms with Crippen LogP contribution in [0.5, 0.6) is 28.7 Å². The summed E-state index contributed by atoms with van der Waals surface area (Å²) in [4.78, 5) is 25.7. The van der Waals surface area contributed by atoms with Crippen molar-refractivity contribution in [3.8, 4) is 28.7 Å². The maximum Gasteiger partial charge on any atom is 0.351 e. The second-order valence-corrected chi connectivity index (χ2v) is 7.91. The topological polar surface area (TPSA) is 84.2 Å². The van der Waals surface area contributed by atoms with E-state index in [0.717, 1.165) is 5.56 Å². The number of fused-ring (bicyclic) bond motifs is 1. The van der Waals surface area contributed by atoms with Crippen LogP contribution < -0.4 is 24.4 Å². The predicted molar refractivity (Wildman–Crippen MR) is 126 cm³/mol. The standard InChI is InChI=1S/C25H19BrO7/c1-14-10-20(29-2)23(21(11-14)30-3)25(28)32-15-8-9-16-19(12-15)31-13-22(24(16)27)33-18-7-5-4-6-17(18)26/h4-13H,1-3H3. The molecule has 0 atom stereocenters. The molecule has 4 rings (SSSR count). The lowest BCUT2D eigenvalue weighted by Gasteiger charge is -2.13. The molecule has 1 heterocycles. The van der Waals surface area contributed by atoms with Gasteiger partial charge in [0.15, 0.2) is 0 Å². The van der Waals surface area contributed by atoms with Crippen molar-refractivity contribution in [3.05, 3.63) is 86.7 Å². The summed E-state index contributed by atoms with van der Waals surface area (Å²) >= 11 is 3.38. The quantitative estimate of drug-likeness (QED) is 0.236. The summed E-state index contributed by atoms with van der Waals surface area (Å²) in [7, 11) is 2.92. The Kier molecular flexibility index (Phi) is 6.37. The number of ether oxygens (including phenoxy) is 4. The van der Waals surface area contributed by atoms with Crippen molar-refractivity contribution in [1.82, 2.24) is 0 Å². The van der Waals surface area contributed by atoms with Gasteiger partial charge in [-0.1, -0.05) is 12.1 Å². The van der Waals surface area contributed by atoms with Crippen molar-refractivity contribution in [2.45, 2.75) is 6.92 Å². The predicted octanol–water partition coefficient (Wildman–Crippen LogP) is 5.89. The fourth-order valence-electron chi connectivity index (χ4n) is 3.27. The molecule has 0 aliphatic carbocycles. The van der Waals surface area contributed by atoms with Crippen molar-refractivity contribution in [2.75, 3.05) is 14.2 Å². The Morgan fingerprint density at radius 2 is 1.61 bits per heavy atom. The molecule has 0 N–H and O–H groups in total. The van der Waals surface area contributed by atoms with Crippen LogP contribution >= 0.6 is 15.9 Å². The molecule has 0 saturated carbocycles. The van der Waals surface area contributed by atoms with Gasteiger partial charge in [-0.05, 0) is 64.8 Å². The van der Waals surface area contributed by atoms with E-state index in [0.29, 0.717) is 21.7 Å². The minimum Gasteiger partial charge on any atom is -0.496 e. The van der Waals surface area contributed by atoms with Crippen LogP contribution in [0.4, 0.5) is 0 Å². The number of benzene rings is 3. The van der Waals surface area contributed by atoms with Gasteiger partial charge in [-0.25, -0.2) is 4.79 Å².